The van der Waals surface area contributed by atoms with Crippen molar-refractivity contribution in [3.05, 3.63) is 0 Å². The van der Waals surface area contributed by atoms with E-state index in [1.54, 1.807) is 0 Å². The molecule has 1 saturated heterocycles. The summed E-state index contributed by atoms with van der Waals surface area (Å²) in [5.41, 5.74) is 0. The van der Waals surface area contributed by atoms with E-state index < -0.39 is 9.84 Å². The van der Waals surface area contributed by atoms with Gasteiger partial charge in [0.15, 0.2) is 9.84 Å². The Morgan fingerprint density at radius 2 is 2.18 bits per heavy atom. The summed E-state index contributed by atoms with van der Waals surface area (Å²) in [7, 11) is -2.83. The molecule has 1 fully saturated rings. The lowest BCUT2D eigenvalue weighted by atomic mass is 10.1. The summed E-state index contributed by atoms with van der Waals surface area (Å²) in [5, 5.41) is -0.249. The number of hydrogen-bond acceptors (Lipinski definition) is 2. The van der Waals surface area contributed by atoms with E-state index in [4.69, 9.17) is 6.42 Å². The zero-order chi connectivity index (χ0) is 8.32. The summed E-state index contributed by atoms with van der Waals surface area (Å²) in [4.78, 5) is 0. The van der Waals surface area contributed by atoms with Crippen molar-refractivity contribution in [2.45, 2.75) is 30.9 Å². The summed E-state index contributed by atoms with van der Waals surface area (Å²) in [6.07, 6.45) is 8.03. The van der Waals surface area contributed by atoms with E-state index in [-0.39, 0.29) is 5.25 Å². The van der Waals surface area contributed by atoms with Crippen LogP contribution >= 0.6 is 0 Å². The van der Waals surface area contributed by atoms with Crippen LogP contribution in [0.3, 0.4) is 0 Å². The van der Waals surface area contributed by atoms with E-state index in [2.05, 4.69) is 5.92 Å². The molecule has 2 nitrogen and oxygen atoms in total. The van der Waals surface area contributed by atoms with E-state index >= 15 is 0 Å². The predicted octanol–water partition coefficient (Wildman–Crippen LogP) is 0.977. The highest BCUT2D eigenvalue weighted by Gasteiger charge is 2.27. The van der Waals surface area contributed by atoms with Crippen LogP contribution in [0.25, 0.3) is 0 Å². The van der Waals surface area contributed by atoms with E-state index in [1.807, 2.05) is 0 Å². The lowest BCUT2D eigenvalue weighted by Crippen LogP contribution is -2.27. The number of hydrogen-bond donors (Lipinski definition) is 0. The first-order valence-corrected chi connectivity index (χ1v) is 5.53. The molecule has 0 aromatic rings. The van der Waals surface area contributed by atoms with E-state index in [0.717, 1.165) is 19.3 Å². The van der Waals surface area contributed by atoms with Gasteiger partial charge in [-0.15, -0.1) is 12.3 Å². The third-order valence-electron chi connectivity index (χ3n) is 2.06. The third-order valence-corrected chi connectivity index (χ3v) is 4.33. The Morgan fingerprint density at radius 3 is 2.73 bits per heavy atom. The molecule has 1 rings (SSSR count). The number of rotatable bonds is 1. The summed E-state index contributed by atoms with van der Waals surface area (Å²) in [6.45, 7) is 0. The van der Waals surface area contributed by atoms with E-state index in [1.165, 1.54) is 0 Å². The standard InChI is InChI=1S/C8H12O2S/c1-2-5-8-6-3-4-7-11(8,9)10/h1,8H,3-7H2. The molecule has 0 radical (unpaired) electrons. The van der Waals surface area contributed by atoms with Gasteiger partial charge in [0, 0.05) is 6.42 Å². The van der Waals surface area contributed by atoms with E-state index in [0.29, 0.717) is 12.2 Å². The molecule has 62 valence electrons. The molecule has 0 spiro atoms. The quantitative estimate of drug-likeness (QED) is 0.552. The van der Waals surface area contributed by atoms with Gasteiger partial charge in [0.1, 0.15) is 0 Å². The maximum atomic E-state index is 11.3. The van der Waals surface area contributed by atoms with Crippen LogP contribution in [0.2, 0.25) is 0 Å². The van der Waals surface area contributed by atoms with Crippen molar-refractivity contribution in [2.24, 2.45) is 0 Å². The molecule has 1 aliphatic heterocycles. The monoisotopic (exact) mass is 172 g/mol. The Hall–Kier alpha value is -0.490. The maximum absolute atomic E-state index is 11.3. The molecular formula is C8H12O2S. The fourth-order valence-electron chi connectivity index (χ4n) is 1.38. The van der Waals surface area contributed by atoms with Crippen molar-refractivity contribution in [1.82, 2.24) is 0 Å². The molecule has 0 N–H and O–H groups in total. The van der Waals surface area contributed by atoms with Crippen molar-refractivity contribution < 1.29 is 8.42 Å². The summed E-state index contributed by atoms with van der Waals surface area (Å²) >= 11 is 0. The molecule has 3 heteroatoms. The zero-order valence-corrected chi connectivity index (χ0v) is 7.23. The van der Waals surface area contributed by atoms with Crippen molar-refractivity contribution in [1.29, 1.82) is 0 Å². The highest BCUT2D eigenvalue weighted by Crippen LogP contribution is 2.21. The van der Waals surface area contributed by atoms with Gasteiger partial charge in [-0.25, -0.2) is 8.42 Å². The van der Waals surface area contributed by atoms with Crippen LogP contribution in [0.1, 0.15) is 25.7 Å². The highest BCUT2D eigenvalue weighted by molar-refractivity contribution is 7.92. The molecule has 11 heavy (non-hydrogen) atoms. The Morgan fingerprint density at radius 1 is 1.45 bits per heavy atom. The smallest absolute Gasteiger partial charge is 0.154 e. The van der Waals surface area contributed by atoms with Crippen LogP contribution < -0.4 is 0 Å². The second kappa shape index (κ2) is 3.27. The minimum Gasteiger partial charge on any atom is -0.229 e. The van der Waals surface area contributed by atoms with Crippen LogP contribution in [0, 0.1) is 12.3 Å². The lowest BCUT2D eigenvalue weighted by Gasteiger charge is -2.19. The van der Waals surface area contributed by atoms with Crippen LogP contribution in [0.5, 0.6) is 0 Å². The van der Waals surface area contributed by atoms with E-state index in [9.17, 15) is 8.42 Å². The van der Waals surface area contributed by atoms with Crippen molar-refractivity contribution in [2.75, 3.05) is 5.75 Å². The second-order valence-electron chi connectivity index (χ2n) is 2.89. The predicted molar refractivity (Wildman–Crippen MR) is 44.9 cm³/mol. The van der Waals surface area contributed by atoms with Gasteiger partial charge in [-0.1, -0.05) is 6.42 Å². The van der Waals surface area contributed by atoms with Crippen LogP contribution in [-0.4, -0.2) is 19.4 Å². The van der Waals surface area contributed by atoms with Gasteiger partial charge in [0.05, 0.1) is 11.0 Å². The highest BCUT2D eigenvalue weighted by atomic mass is 32.2. The average molecular weight is 172 g/mol. The van der Waals surface area contributed by atoms with Gasteiger partial charge in [0.2, 0.25) is 0 Å². The average Bonchev–Trinajstić information content (AvgIpc) is 1.94. The first-order chi connectivity index (χ1) is 5.17. The van der Waals surface area contributed by atoms with Crippen molar-refractivity contribution in [3.63, 3.8) is 0 Å². The molecule has 0 amide bonds. The Bertz CT molecular complexity index is 258. The van der Waals surface area contributed by atoms with Crippen LogP contribution in [0.4, 0.5) is 0 Å². The Labute approximate surface area is 67.9 Å². The third kappa shape index (κ3) is 1.97. The molecule has 1 unspecified atom stereocenters. The topological polar surface area (TPSA) is 34.1 Å². The number of terminal acetylenes is 1. The SMILES string of the molecule is C#CCC1CCCCS1(=O)=O. The zero-order valence-electron chi connectivity index (χ0n) is 6.41. The molecule has 1 atom stereocenters. The summed E-state index contributed by atoms with van der Waals surface area (Å²) in [5.74, 6) is 2.75. The lowest BCUT2D eigenvalue weighted by molar-refractivity contribution is 0.542. The Balaban J connectivity index is 2.70. The molecule has 1 heterocycles. The Kier molecular flexibility index (Phi) is 2.56. The van der Waals surface area contributed by atoms with Gasteiger partial charge in [0.25, 0.3) is 0 Å². The van der Waals surface area contributed by atoms with Gasteiger partial charge in [-0.3, -0.25) is 0 Å². The molecule has 0 aliphatic carbocycles. The molecule has 0 aromatic heterocycles. The van der Waals surface area contributed by atoms with Crippen LogP contribution in [0.15, 0.2) is 0 Å². The van der Waals surface area contributed by atoms with Crippen LogP contribution in [-0.2, 0) is 9.84 Å². The first-order valence-electron chi connectivity index (χ1n) is 3.82. The van der Waals surface area contributed by atoms with Gasteiger partial charge >= 0.3 is 0 Å². The molecule has 1 aliphatic rings. The molecule has 0 saturated carbocycles. The molecule has 0 bridgehead atoms. The molecule has 0 aromatic carbocycles. The minimum atomic E-state index is -2.83. The minimum absolute atomic E-state index is 0.249. The van der Waals surface area contributed by atoms with Gasteiger partial charge in [-0.2, -0.15) is 0 Å². The summed E-state index contributed by atoms with van der Waals surface area (Å²) in [6, 6.07) is 0. The fraction of sp³-hybridized carbons (Fsp3) is 0.750. The largest absolute Gasteiger partial charge is 0.229 e. The fourth-order valence-corrected chi connectivity index (χ4v) is 3.20. The normalized spacial score (nSPS) is 29.2. The first kappa shape index (κ1) is 8.61. The molecular weight excluding hydrogens is 160 g/mol. The summed E-state index contributed by atoms with van der Waals surface area (Å²) < 4.78 is 22.6. The van der Waals surface area contributed by atoms with Crippen molar-refractivity contribution >= 4 is 9.84 Å². The van der Waals surface area contributed by atoms with Crippen molar-refractivity contribution in [3.8, 4) is 12.3 Å². The second-order valence-corrected chi connectivity index (χ2v) is 5.29. The maximum Gasteiger partial charge on any atom is 0.154 e. The number of sulfone groups is 1. The van der Waals surface area contributed by atoms with Gasteiger partial charge in [-0.05, 0) is 12.8 Å². The van der Waals surface area contributed by atoms with Gasteiger partial charge < -0.3 is 0 Å².